The maximum Gasteiger partial charge on any atom is 0.350 e. The average Bonchev–Trinajstić information content (AvgIpc) is 3.50. The zero-order valence-electron chi connectivity index (χ0n) is 20.1. The summed E-state index contributed by atoms with van der Waals surface area (Å²) in [5, 5.41) is 11.7. The molecule has 1 unspecified atom stereocenters. The molecule has 1 saturated heterocycles. The van der Waals surface area contributed by atoms with Crippen LogP contribution < -0.4 is 4.90 Å². The first-order valence-corrected chi connectivity index (χ1v) is 13.0. The van der Waals surface area contributed by atoms with Gasteiger partial charge in [0.25, 0.3) is 5.78 Å². The number of aliphatic hydroxyl groups excluding tert-OH is 1. The van der Waals surface area contributed by atoms with E-state index in [1.54, 1.807) is 67.8 Å². The van der Waals surface area contributed by atoms with Gasteiger partial charge in [0.15, 0.2) is 10.9 Å². The van der Waals surface area contributed by atoms with Gasteiger partial charge in [0.05, 0.1) is 29.6 Å². The van der Waals surface area contributed by atoms with Crippen LogP contribution in [0.3, 0.4) is 0 Å². The van der Waals surface area contributed by atoms with Crippen LogP contribution in [-0.4, -0.2) is 43.7 Å². The minimum Gasteiger partial charge on any atom is -0.505 e. The lowest BCUT2D eigenvalue weighted by Crippen LogP contribution is -2.29. The number of nitrogens with zero attached hydrogens (tertiary/aromatic N) is 4. The van der Waals surface area contributed by atoms with Crippen molar-refractivity contribution in [2.45, 2.75) is 26.8 Å². The molecule has 0 saturated carbocycles. The number of pyridine rings is 1. The summed E-state index contributed by atoms with van der Waals surface area (Å²) in [6, 6.07) is 11.5. The van der Waals surface area contributed by atoms with Gasteiger partial charge in [-0.1, -0.05) is 45.5 Å². The van der Waals surface area contributed by atoms with Crippen molar-refractivity contribution < 1.29 is 24.2 Å². The van der Waals surface area contributed by atoms with E-state index < -0.39 is 23.7 Å². The van der Waals surface area contributed by atoms with Crippen molar-refractivity contribution in [3.63, 3.8) is 0 Å². The number of ether oxygens (including phenoxy) is 1. The molecule has 1 amide bonds. The third-order valence-electron chi connectivity index (χ3n) is 6.01. The van der Waals surface area contributed by atoms with Gasteiger partial charge in [-0.05, 0) is 50.6 Å². The highest BCUT2D eigenvalue weighted by molar-refractivity contribution is 9.10. The Kier molecular flexibility index (Phi) is 6.42. The van der Waals surface area contributed by atoms with Crippen molar-refractivity contribution in [2.24, 2.45) is 0 Å². The summed E-state index contributed by atoms with van der Waals surface area (Å²) in [4.78, 5) is 49.8. The first-order valence-electron chi connectivity index (χ1n) is 11.4. The third kappa shape index (κ3) is 4.13. The Labute approximate surface area is 224 Å². The van der Waals surface area contributed by atoms with Crippen LogP contribution in [-0.2, 0) is 14.3 Å². The minimum absolute atomic E-state index is 0.0911. The number of carbonyl (C=O) groups is 3. The van der Waals surface area contributed by atoms with E-state index in [1.165, 1.54) is 4.90 Å². The first kappa shape index (κ1) is 24.8. The normalized spacial score (nSPS) is 17.1. The number of hydrogen-bond acceptors (Lipinski definition) is 8. The molecule has 0 aliphatic carbocycles. The number of halogens is 1. The molecular weight excluding hydrogens is 560 g/mol. The van der Waals surface area contributed by atoms with Crippen LogP contribution in [0.25, 0.3) is 11.4 Å². The molecule has 0 spiro atoms. The third-order valence-corrected chi connectivity index (χ3v) is 7.68. The number of benzene rings is 1. The maximum atomic E-state index is 13.5. The Morgan fingerprint density at radius 2 is 1.84 bits per heavy atom. The largest absolute Gasteiger partial charge is 0.505 e. The number of carbonyl (C=O) groups excluding carboxylic acids is 3. The number of anilines is 1. The summed E-state index contributed by atoms with van der Waals surface area (Å²) in [6.45, 7) is 5.25. The average molecular weight is 581 g/mol. The van der Waals surface area contributed by atoms with Crippen molar-refractivity contribution in [3.05, 3.63) is 86.2 Å². The molecule has 1 N–H and O–H groups in total. The second-order valence-electron chi connectivity index (χ2n) is 8.33. The van der Waals surface area contributed by atoms with Crippen LogP contribution in [0.2, 0.25) is 0 Å². The van der Waals surface area contributed by atoms with Gasteiger partial charge >= 0.3 is 11.9 Å². The molecule has 37 heavy (non-hydrogen) atoms. The smallest absolute Gasteiger partial charge is 0.350 e. The molecule has 1 aromatic carbocycles. The summed E-state index contributed by atoms with van der Waals surface area (Å²) in [7, 11) is 0. The highest BCUT2D eigenvalue weighted by Gasteiger charge is 2.49. The van der Waals surface area contributed by atoms with Gasteiger partial charge in [-0.25, -0.2) is 14.8 Å². The number of fused-ring (bicyclic) bond motifs is 1. The van der Waals surface area contributed by atoms with E-state index >= 15 is 0 Å². The van der Waals surface area contributed by atoms with E-state index in [9.17, 15) is 19.5 Å². The molecule has 9 nitrogen and oxygen atoms in total. The molecule has 1 fully saturated rings. The van der Waals surface area contributed by atoms with E-state index in [1.807, 2.05) is 6.07 Å². The van der Waals surface area contributed by atoms with E-state index in [4.69, 9.17) is 4.74 Å². The van der Waals surface area contributed by atoms with Crippen molar-refractivity contribution in [1.82, 2.24) is 14.4 Å². The van der Waals surface area contributed by atoms with Crippen molar-refractivity contribution >= 4 is 61.5 Å². The molecule has 188 valence electrons. The summed E-state index contributed by atoms with van der Waals surface area (Å²) in [6.07, 6.45) is 1.73. The van der Waals surface area contributed by atoms with Crippen LogP contribution in [0.4, 0.5) is 5.13 Å². The summed E-state index contributed by atoms with van der Waals surface area (Å²) < 4.78 is 7.59. The van der Waals surface area contributed by atoms with E-state index in [0.717, 1.165) is 15.8 Å². The molecule has 4 heterocycles. The first-order chi connectivity index (χ1) is 17.7. The van der Waals surface area contributed by atoms with Gasteiger partial charge in [0, 0.05) is 10.7 Å². The number of aromatic nitrogens is 3. The highest BCUT2D eigenvalue weighted by atomic mass is 79.9. The number of esters is 1. The summed E-state index contributed by atoms with van der Waals surface area (Å²) >= 11 is 4.38. The SMILES string of the molecule is CCOC(=O)c1sc(N2C(=O)C(=O)/C(=C(/O)c3c(C)nc4ccccn34)C2c2ccc(Br)cc2)nc1C. The molecule has 5 rings (SSSR count). The van der Waals surface area contributed by atoms with Crippen molar-refractivity contribution in [2.75, 3.05) is 11.5 Å². The van der Waals surface area contributed by atoms with Gasteiger partial charge in [-0.15, -0.1) is 0 Å². The van der Waals surface area contributed by atoms with Gasteiger partial charge in [0.2, 0.25) is 0 Å². The van der Waals surface area contributed by atoms with Crippen molar-refractivity contribution in [3.8, 4) is 0 Å². The van der Waals surface area contributed by atoms with Gasteiger partial charge in [0.1, 0.15) is 16.2 Å². The maximum absolute atomic E-state index is 13.5. The molecule has 11 heteroatoms. The minimum atomic E-state index is -0.984. The number of aliphatic hydroxyl groups is 1. The fourth-order valence-electron chi connectivity index (χ4n) is 4.39. The van der Waals surface area contributed by atoms with E-state index in [2.05, 4.69) is 25.9 Å². The second kappa shape index (κ2) is 9.56. The number of imidazole rings is 1. The van der Waals surface area contributed by atoms with Crippen LogP contribution in [0.15, 0.2) is 58.7 Å². The number of ketones is 1. The fourth-order valence-corrected chi connectivity index (χ4v) is 5.64. The van der Waals surface area contributed by atoms with Crippen LogP contribution >= 0.6 is 27.3 Å². The number of amides is 1. The molecule has 3 aromatic heterocycles. The monoisotopic (exact) mass is 580 g/mol. The molecule has 0 radical (unpaired) electrons. The Bertz CT molecular complexity index is 1600. The lowest BCUT2D eigenvalue weighted by Gasteiger charge is -2.23. The standard InChI is InChI=1S/C26H21BrN4O5S/c1-4-36-25(35)23-14(3)29-26(37-23)31-20(15-8-10-16(27)11-9-15)18(22(33)24(31)34)21(32)19-13(2)28-17-7-5-6-12-30(17)19/h5-12,20,32H,4H2,1-3H3/b21-18+. The quantitative estimate of drug-likeness (QED) is 0.153. The zero-order valence-corrected chi connectivity index (χ0v) is 22.5. The van der Waals surface area contributed by atoms with Gasteiger partial charge < -0.3 is 9.84 Å². The summed E-state index contributed by atoms with van der Waals surface area (Å²) in [5.41, 5.74) is 2.28. The van der Waals surface area contributed by atoms with Crippen LogP contribution in [0, 0.1) is 13.8 Å². The number of aryl methyl sites for hydroxylation is 2. The summed E-state index contributed by atoms with van der Waals surface area (Å²) in [5.74, 6) is -2.61. The second-order valence-corrected chi connectivity index (χ2v) is 10.2. The Balaban J connectivity index is 1.74. The predicted molar refractivity (Wildman–Crippen MR) is 142 cm³/mol. The van der Waals surface area contributed by atoms with Crippen molar-refractivity contribution in [1.29, 1.82) is 0 Å². The van der Waals surface area contributed by atoms with Gasteiger partial charge in [-0.3, -0.25) is 18.9 Å². The Hall–Kier alpha value is -3.83. The molecular formula is C26H21BrN4O5S. The number of hydrogen-bond donors (Lipinski definition) is 1. The highest BCUT2D eigenvalue weighted by Crippen LogP contribution is 2.44. The molecule has 0 bridgehead atoms. The Morgan fingerprint density at radius 1 is 1.11 bits per heavy atom. The molecule has 1 atom stereocenters. The number of thiazole rings is 1. The van der Waals surface area contributed by atoms with Crippen LogP contribution in [0.1, 0.15) is 45.3 Å². The predicted octanol–water partition coefficient (Wildman–Crippen LogP) is 4.97. The molecule has 1 aliphatic rings. The number of Topliss-reactive ketones (excluding diaryl/α,β-unsaturated/α-hetero) is 1. The number of rotatable bonds is 5. The molecule has 4 aromatic rings. The molecule has 1 aliphatic heterocycles. The Morgan fingerprint density at radius 3 is 2.54 bits per heavy atom. The van der Waals surface area contributed by atoms with Crippen LogP contribution in [0.5, 0.6) is 0 Å². The lowest BCUT2D eigenvalue weighted by atomic mass is 9.96. The zero-order chi connectivity index (χ0) is 26.4. The van der Waals surface area contributed by atoms with Gasteiger partial charge in [-0.2, -0.15) is 0 Å². The van der Waals surface area contributed by atoms with E-state index in [0.29, 0.717) is 28.3 Å². The lowest BCUT2D eigenvalue weighted by molar-refractivity contribution is -0.132. The van der Waals surface area contributed by atoms with E-state index in [-0.39, 0.29) is 27.9 Å². The topological polar surface area (TPSA) is 114 Å². The fraction of sp³-hybridized carbons (Fsp3) is 0.192.